The average Bonchev–Trinajstić information content (AvgIpc) is 2.76. The van der Waals surface area contributed by atoms with E-state index in [-0.39, 0.29) is 0 Å². The first-order valence-corrected chi connectivity index (χ1v) is 9.16. The second kappa shape index (κ2) is 7.91. The van der Waals surface area contributed by atoms with Crippen LogP contribution in [-0.4, -0.2) is 73.9 Å². The third-order valence-electron chi connectivity index (χ3n) is 5.56. The van der Waals surface area contributed by atoms with Crippen molar-refractivity contribution in [1.82, 2.24) is 15.1 Å². The van der Waals surface area contributed by atoms with Crippen LogP contribution in [0.15, 0.2) is 0 Å². The van der Waals surface area contributed by atoms with Crippen LogP contribution in [0.25, 0.3) is 0 Å². The zero-order valence-corrected chi connectivity index (χ0v) is 13.7. The van der Waals surface area contributed by atoms with Gasteiger partial charge in [-0.1, -0.05) is 6.92 Å². The van der Waals surface area contributed by atoms with E-state index in [1.165, 1.54) is 58.2 Å². The molecule has 4 heteroatoms. The van der Waals surface area contributed by atoms with Crippen LogP contribution in [0.4, 0.5) is 0 Å². The van der Waals surface area contributed by atoms with Gasteiger partial charge in [0.15, 0.2) is 0 Å². The Labute approximate surface area is 130 Å². The number of hydrogen-bond donors (Lipinski definition) is 1. The number of nitrogens with zero attached hydrogens (tertiary/aromatic N) is 2. The highest BCUT2D eigenvalue weighted by molar-refractivity contribution is 4.97. The second-order valence-electron chi connectivity index (χ2n) is 7.05. The molecule has 0 aromatic carbocycles. The summed E-state index contributed by atoms with van der Waals surface area (Å²) in [6, 6.07) is 2.52. The fourth-order valence-electron chi connectivity index (χ4n) is 4.46. The minimum Gasteiger partial charge on any atom is -0.379 e. The molecular weight excluding hydrogens is 262 g/mol. The molecule has 0 saturated carbocycles. The molecular formula is C17H33N3O. The van der Waals surface area contributed by atoms with E-state index in [4.69, 9.17) is 4.74 Å². The molecule has 2 atom stereocenters. The van der Waals surface area contributed by atoms with Crippen molar-refractivity contribution in [1.29, 1.82) is 0 Å². The second-order valence-corrected chi connectivity index (χ2v) is 7.05. The summed E-state index contributed by atoms with van der Waals surface area (Å²) in [6.07, 6.45) is 8.23. The van der Waals surface area contributed by atoms with E-state index >= 15 is 0 Å². The van der Waals surface area contributed by atoms with Crippen LogP contribution in [0.5, 0.6) is 0 Å². The summed E-state index contributed by atoms with van der Waals surface area (Å²) in [7, 11) is 0. The van der Waals surface area contributed by atoms with Crippen molar-refractivity contribution in [3.63, 3.8) is 0 Å². The number of ether oxygens (including phenoxy) is 1. The summed E-state index contributed by atoms with van der Waals surface area (Å²) in [5.41, 5.74) is 0. The molecule has 0 aliphatic carbocycles. The SMILES string of the molecule is CCCNC1CC2CCC(C1)N2CCCN1CCOCC1. The molecule has 3 aliphatic rings. The smallest absolute Gasteiger partial charge is 0.0594 e. The summed E-state index contributed by atoms with van der Waals surface area (Å²) in [5, 5.41) is 3.75. The first-order valence-electron chi connectivity index (χ1n) is 9.16. The fraction of sp³-hybridized carbons (Fsp3) is 1.00. The van der Waals surface area contributed by atoms with Crippen molar-refractivity contribution in [3.8, 4) is 0 Å². The van der Waals surface area contributed by atoms with Crippen LogP contribution < -0.4 is 5.32 Å². The Morgan fingerprint density at radius 2 is 1.76 bits per heavy atom. The van der Waals surface area contributed by atoms with E-state index in [0.717, 1.165) is 44.4 Å². The minimum atomic E-state index is 0.790. The van der Waals surface area contributed by atoms with Crippen molar-refractivity contribution >= 4 is 0 Å². The molecule has 2 bridgehead atoms. The summed E-state index contributed by atoms with van der Waals surface area (Å²) in [4.78, 5) is 5.41. The largest absolute Gasteiger partial charge is 0.379 e. The lowest BCUT2D eigenvalue weighted by atomic mass is 9.97. The van der Waals surface area contributed by atoms with Gasteiger partial charge in [-0.15, -0.1) is 0 Å². The molecule has 0 amide bonds. The molecule has 3 saturated heterocycles. The molecule has 3 aliphatic heterocycles. The maximum atomic E-state index is 5.43. The molecule has 1 N–H and O–H groups in total. The van der Waals surface area contributed by atoms with E-state index in [9.17, 15) is 0 Å². The van der Waals surface area contributed by atoms with Crippen molar-refractivity contribution in [2.45, 2.75) is 63.6 Å². The van der Waals surface area contributed by atoms with Crippen LogP contribution in [0.1, 0.15) is 45.4 Å². The van der Waals surface area contributed by atoms with E-state index < -0.39 is 0 Å². The number of piperidine rings is 1. The Morgan fingerprint density at radius 3 is 2.43 bits per heavy atom. The molecule has 0 aromatic heterocycles. The van der Waals surface area contributed by atoms with E-state index in [1.54, 1.807) is 0 Å². The standard InChI is InChI=1S/C17H33N3O/c1-2-6-18-15-13-16-4-5-17(14-15)20(16)8-3-7-19-9-11-21-12-10-19/h15-18H,2-14H2,1H3. The third kappa shape index (κ3) is 4.19. The molecule has 122 valence electrons. The number of morpholine rings is 1. The maximum Gasteiger partial charge on any atom is 0.0594 e. The molecule has 3 fully saturated rings. The highest BCUT2D eigenvalue weighted by Gasteiger charge is 2.39. The van der Waals surface area contributed by atoms with Crippen LogP contribution in [0, 0.1) is 0 Å². The lowest BCUT2D eigenvalue weighted by Crippen LogP contribution is -2.50. The molecule has 4 nitrogen and oxygen atoms in total. The molecule has 0 spiro atoms. The lowest BCUT2D eigenvalue weighted by molar-refractivity contribution is 0.0337. The minimum absolute atomic E-state index is 0.790. The normalized spacial score (nSPS) is 34.4. The number of hydrogen-bond acceptors (Lipinski definition) is 4. The van der Waals surface area contributed by atoms with Crippen LogP contribution in [0.3, 0.4) is 0 Å². The molecule has 21 heavy (non-hydrogen) atoms. The Hall–Kier alpha value is -0.160. The number of fused-ring (bicyclic) bond motifs is 2. The lowest BCUT2D eigenvalue weighted by Gasteiger charge is -2.39. The number of rotatable bonds is 7. The van der Waals surface area contributed by atoms with E-state index in [1.807, 2.05) is 0 Å². The van der Waals surface area contributed by atoms with Crippen molar-refractivity contribution in [2.24, 2.45) is 0 Å². The first kappa shape index (κ1) is 15.7. The van der Waals surface area contributed by atoms with Gasteiger partial charge in [0.25, 0.3) is 0 Å². The van der Waals surface area contributed by atoms with Gasteiger partial charge in [-0.25, -0.2) is 0 Å². The Balaban J connectivity index is 1.38. The predicted octanol–water partition coefficient (Wildman–Crippen LogP) is 1.70. The summed E-state index contributed by atoms with van der Waals surface area (Å²) in [5.74, 6) is 0. The zero-order valence-electron chi connectivity index (χ0n) is 13.7. The Kier molecular flexibility index (Phi) is 5.92. The molecule has 3 rings (SSSR count). The summed E-state index contributed by atoms with van der Waals surface area (Å²) in [6.45, 7) is 10.2. The van der Waals surface area contributed by atoms with Gasteiger partial charge >= 0.3 is 0 Å². The first-order chi connectivity index (χ1) is 10.4. The van der Waals surface area contributed by atoms with Gasteiger partial charge in [0.1, 0.15) is 0 Å². The van der Waals surface area contributed by atoms with Crippen molar-refractivity contribution in [2.75, 3.05) is 45.9 Å². The van der Waals surface area contributed by atoms with Gasteiger partial charge in [0.05, 0.1) is 13.2 Å². The van der Waals surface area contributed by atoms with Crippen molar-refractivity contribution < 1.29 is 4.74 Å². The topological polar surface area (TPSA) is 27.7 Å². The average molecular weight is 295 g/mol. The van der Waals surface area contributed by atoms with E-state index in [2.05, 4.69) is 22.0 Å². The van der Waals surface area contributed by atoms with Crippen LogP contribution in [0.2, 0.25) is 0 Å². The van der Waals surface area contributed by atoms with Gasteiger partial charge < -0.3 is 10.1 Å². The van der Waals surface area contributed by atoms with Crippen LogP contribution >= 0.6 is 0 Å². The third-order valence-corrected chi connectivity index (χ3v) is 5.56. The monoisotopic (exact) mass is 295 g/mol. The molecule has 0 radical (unpaired) electrons. The number of nitrogens with one attached hydrogen (secondary N) is 1. The Morgan fingerprint density at radius 1 is 1.05 bits per heavy atom. The van der Waals surface area contributed by atoms with Gasteiger partial charge in [-0.2, -0.15) is 0 Å². The van der Waals surface area contributed by atoms with Gasteiger partial charge in [-0.05, 0) is 58.2 Å². The zero-order chi connectivity index (χ0) is 14.5. The predicted molar refractivity (Wildman–Crippen MR) is 86.7 cm³/mol. The quantitative estimate of drug-likeness (QED) is 0.774. The maximum absolute atomic E-state index is 5.43. The van der Waals surface area contributed by atoms with Gasteiger partial charge in [0, 0.05) is 31.2 Å². The molecule has 2 unspecified atom stereocenters. The van der Waals surface area contributed by atoms with Crippen molar-refractivity contribution in [3.05, 3.63) is 0 Å². The summed E-state index contributed by atoms with van der Waals surface area (Å²) >= 11 is 0. The molecule has 3 heterocycles. The van der Waals surface area contributed by atoms with Gasteiger partial charge in [0.2, 0.25) is 0 Å². The molecule has 0 aromatic rings. The fourth-order valence-corrected chi connectivity index (χ4v) is 4.46. The van der Waals surface area contributed by atoms with Gasteiger partial charge in [-0.3, -0.25) is 9.80 Å². The van der Waals surface area contributed by atoms with E-state index in [0.29, 0.717) is 0 Å². The Bertz CT molecular complexity index is 292. The highest BCUT2D eigenvalue weighted by Crippen LogP contribution is 2.35. The van der Waals surface area contributed by atoms with Crippen LogP contribution in [-0.2, 0) is 4.74 Å². The summed E-state index contributed by atoms with van der Waals surface area (Å²) < 4.78 is 5.43. The highest BCUT2D eigenvalue weighted by atomic mass is 16.5.